The minimum Gasteiger partial charge on any atom is -0.265 e. The van der Waals surface area contributed by atoms with Crippen molar-refractivity contribution in [3.05, 3.63) is 226 Å². The predicted octanol–water partition coefficient (Wildman–Crippen LogP) is 17.5. The summed E-state index contributed by atoms with van der Waals surface area (Å²) in [6.07, 6.45) is 7.00. The maximum atomic E-state index is 5.67. The molecule has 426 valence electrons. The van der Waals surface area contributed by atoms with Gasteiger partial charge in [0.15, 0.2) is 0 Å². The molecule has 0 saturated carbocycles. The monoisotopic (exact) mass is 1330 g/mol. The van der Waals surface area contributed by atoms with Crippen molar-refractivity contribution < 1.29 is 31.8 Å². The fourth-order valence-corrected chi connectivity index (χ4v) is 12.4. The fourth-order valence-electron chi connectivity index (χ4n) is 9.52. The van der Waals surface area contributed by atoms with E-state index in [2.05, 4.69) is 188 Å². The molecule has 0 bridgehead atoms. The number of nitrogens with zero attached hydrogens (tertiary/aromatic N) is 6. The summed E-state index contributed by atoms with van der Waals surface area (Å²) in [6.45, 7) is 42.0. The van der Waals surface area contributed by atoms with E-state index >= 15 is 0 Å². The summed E-state index contributed by atoms with van der Waals surface area (Å²) in [5.74, 6) is 0. The van der Waals surface area contributed by atoms with Crippen molar-refractivity contribution in [2.75, 3.05) is 65.7 Å². The molecule has 7 nitrogen and oxygen atoms in total. The molecule has 2 aliphatic heterocycles. The summed E-state index contributed by atoms with van der Waals surface area (Å²) in [6, 6.07) is 39.6. The number of halogens is 4. The Morgan fingerprint density at radius 1 is 0.449 bits per heavy atom. The van der Waals surface area contributed by atoms with Crippen LogP contribution in [-0.2, 0) is 31.8 Å². The molecule has 7 aromatic rings. The quantitative estimate of drug-likeness (QED) is 0.0895. The first kappa shape index (κ1) is 68.4. The molecule has 0 amide bonds. The van der Waals surface area contributed by atoms with Gasteiger partial charge in [-0.2, -0.15) is 13.3 Å². The van der Waals surface area contributed by atoms with Crippen LogP contribution in [0.4, 0.5) is 22.7 Å². The summed E-state index contributed by atoms with van der Waals surface area (Å²) in [4.78, 5) is 18.7. The molecule has 0 unspecified atom stereocenters. The van der Waals surface area contributed by atoms with Crippen LogP contribution < -0.4 is 19.6 Å². The molecule has 78 heavy (non-hydrogen) atoms. The van der Waals surface area contributed by atoms with Crippen LogP contribution in [0.15, 0.2) is 140 Å². The Balaban J connectivity index is 0.000000267. The summed E-state index contributed by atoms with van der Waals surface area (Å²) < 4.78 is 6.69. The fraction of sp³-hybridized carbons (Fsp3) is 0.312. The molecule has 2 aliphatic rings. The smallest absolute Gasteiger partial charge is 0.0267 e. The number of hydrogen-bond acceptors (Lipinski definition) is 7. The van der Waals surface area contributed by atoms with Gasteiger partial charge >= 0.3 is 129 Å². The Hall–Kier alpha value is -3.86. The molecule has 0 N–H and O–H groups in total. The summed E-state index contributed by atoms with van der Waals surface area (Å²) in [7, 11) is 23.2. The minimum absolute atomic E-state index is 0.657. The van der Waals surface area contributed by atoms with Gasteiger partial charge in [-0.25, -0.2) is 0 Å². The predicted molar refractivity (Wildman–Crippen MR) is 342 cm³/mol. The van der Waals surface area contributed by atoms with Crippen LogP contribution >= 0.6 is 47.3 Å². The number of anilines is 4. The number of aryl methyl sites for hydroxylation is 12. The van der Waals surface area contributed by atoms with E-state index in [0.29, 0.717) is 6.61 Å². The van der Waals surface area contributed by atoms with E-state index in [1.807, 2.05) is 78.3 Å². The standard InChI is InChI=1S/2C21H27N2.C7H6.2C5H5N.C3H6O.C2H7P.4ClH.2Ru/c2*1-14-9-16(3)20(17(4)10-14)22-7-8-23(13-22)21-18(5)11-15(2)12-19(21)6;1-7-5-3-2-4-6-7;2*1-2-4-6-5-3-1;1-3-4-2;1-3-2;;;;;;/h2*9-13H,7-8H2,1-6H3;1-6H;2*1-5H;2H,3H2,1H3;3H,1-2H3;4*1H;;/q2*-1;;;;;;;;;;2*+2/p-4. The third-order valence-corrected chi connectivity index (χ3v) is 15.0. The van der Waals surface area contributed by atoms with Gasteiger partial charge in [0.25, 0.3) is 0 Å². The Morgan fingerprint density at radius 3 is 0.885 bits per heavy atom. The molecule has 0 spiro atoms. The topological polar surface area (TPSA) is 48.0 Å². The number of ether oxygens (including phenoxy) is 1. The maximum Gasteiger partial charge on any atom is 0.0267 e. The first-order chi connectivity index (χ1) is 37.2. The molecule has 0 atom stereocenters. The molecule has 0 aliphatic carbocycles. The molecule has 14 heteroatoms. The van der Waals surface area contributed by atoms with E-state index in [0.717, 1.165) is 40.3 Å². The number of benzene rings is 5. The first-order valence-corrected chi connectivity index (χ1v) is 38.8. The summed E-state index contributed by atoms with van der Waals surface area (Å²) >= 11 is -3.24. The average molecular weight is 1330 g/mol. The van der Waals surface area contributed by atoms with Gasteiger partial charge < -0.3 is 19.6 Å². The zero-order valence-corrected chi connectivity index (χ0v) is 55.9. The molecule has 0 radical (unpaired) electrons. The van der Waals surface area contributed by atoms with Gasteiger partial charge in [-0.1, -0.05) is 82.9 Å². The van der Waals surface area contributed by atoms with Crippen LogP contribution in [0, 0.1) is 96.4 Å². The van der Waals surface area contributed by atoms with E-state index in [1.165, 1.54) is 94.3 Å². The van der Waals surface area contributed by atoms with Crippen LogP contribution in [-0.4, -0.2) is 65.5 Å². The van der Waals surface area contributed by atoms with Gasteiger partial charge in [-0.05, 0) is 165 Å². The van der Waals surface area contributed by atoms with Gasteiger partial charge in [0.05, 0.1) is 0 Å². The number of hydrogen-bond donors (Lipinski definition) is 0. The molecular weight excluding hydrogens is 1240 g/mol. The second kappa shape index (κ2) is 37.2. The van der Waals surface area contributed by atoms with Crippen molar-refractivity contribution in [2.45, 2.75) is 90.0 Å². The Kier molecular flexibility index (Phi) is 32.6. The van der Waals surface area contributed by atoms with Crippen LogP contribution in [0.5, 0.6) is 0 Å². The van der Waals surface area contributed by atoms with Gasteiger partial charge in [-0.3, -0.25) is 9.97 Å². The zero-order valence-electron chi connectivity index (χ0n) is 48.4. The van der Waals surface area contributed by atoms with Gasteiger partial charge in [0, 0.05) is 73.7 Å². The largest absolute Gasteiger partial charge is 0.265 e. The molecule has 5 aromatic carbocycles. The van der Waals surface area contributed by atoms with Crippen LogP contribution in [0.2, 0.25) is 0 Å². The molecule has 2 saturated heterocycles. The molecule has 2 aromatic heterocycles. The van der Waals surface area contributed by atoms with Crippen LogP contribution in [0.3, 0.4) is 0 Å². The molecule has 4 heterocycles. The van der Waals surface area contributed by atoms with Crippen molar-refractivity contribution in [2.24, 2.45) is 0 Å². The first-order valence-electron chi connectivity index (χ1n) is 25.9. The van der Waals surface area contributed by atoms with Gasteiger partial charge in [0.2, 0.25) is 0 Å². The Bertz CT molecular complexity index is 2490. The zero-order chi connectivity index (χ0) is 57.7. The Morgan fingerprint density at radius 2 is 0.705 bits per heavy atom. The van der Waals surface area contributed by atoms with Crippen LogP contribution in [0.1, 0.15) is 79.2 Å². The van der Waals surface area contributed by atoms with Crippen molar-refractivity contribution in [1.82, 2.24) is 9.97 Å². The molecular formula is C64H83Cl4N6OPRu2-2. The van der Waals surface area contributed by atoms with E-state index < -0.39 is 27.0 Å². The number of pyridine rings is 2. The second-order valence-electron chi connectivity index (χ2n) is 19.0. The van der Waals surface area contributed by atoms with Gasteiger partial charge in [-0.15, -0.1) is 8.58 Å². The molecule has 9 rings (SSSR count). The van der Waals surface area contributed by atoms with Crippen molar-refractivity contribution >= 4 is 79.5 Å². The third kappa shape index (κ3) is 24.5. The van der Waals surface area contributed by atoms with E-state index in [9.17, 15) is 0 Å². The SMILES string of the molecule is CCO[CH]=[Ru]([Cl])[Cl].CPC.Cc1cc(C)c(N2[CH-]N(c3c(C)cc(C)cc3C)CC2)c(C)c1.Cc1cc(C)c(N2[CH-]N(c3c(C)cc(C)cc3C)CC2)c(C)c1.[Cl][Ru]([Cl])=[CH]c1ccccc1.c1ccncc1.c1ccncc1. The molecule has 2 fully saturated rings. The van der Waals surface area contributed by atoms with Crippen molar-refractivity contribution in [1.29, 1.82) is 0 Å². The van der Waals surface area contributed by atoms with Crippen molar-refractivity contribution in [3.8, 4) is 0 Å². The minimum atomic E-state index is -1.63. The summed E-state index contributed by atoms with van der Waals surface area (Å²) in [5, 5.41) is 0. The second-order valence-corrected chi connectivity index (χ2v) is 31.4. The van der Waals surface area contributed by atoms with Crippen molar-refractivity contribution in [3.63, 3.8) is 0 Å². The van der Waals surface area contributed by atoms with E-state index in [4.69, 9.17) is 43.5 Å². The normalized spacial score (nSPS) is 12.5. The maximum absolute atomic E-state index is 5.67. The van der Waals surface area contributed by atoms with Gasteiger partial charge in [0.1, 0.15) is 0 Å². The van der Waals surface area contributed by atoms with Crippen LogP contribution in [0.25, 0.3) is 0 Å². The van der Waals surface area contributed by atoms with E-state index in [1.54, 1.807) is 24.8 Å². The number of aromatic nitrogens is 2. The number of rotatable bonds is 7. The Labute approximate surface area is 498 Å². The third-order valence-electron chi connectivity index (χ3n) is 11.8. The summed E-state index contributed by atoms with van der Waals surface area (Å²) in [5.41, 5.74) is 22.8. The average Bonchev–Trinajstić information content (AvgIpc) is 4.09. The van der Waals surface area contributed by atoms with E-state index in [-0.39, 0.29) is 0 Å².